The first-order valence-electron chi connectivity index (χ1n) is 19.9. The highest BCUT2D eigenvalue weighted by Crippen LogP contribution is 2.52. The van der Waals surface area contributed by atoms with Gasteiger partial charge in [-0.05, 0) is 91.8 Å². The van der Waals surface area contributed by atoms with Crippen LogP contribution in [0.2, 0.25) is 0 Å². The van der Waals surface area contributed by atoms with E-state index in [4.69, 9.17) is 4.42 Å². The molecule has 5 aromatic carbocycles. The number of furan rings is 1. The number of benzene rings is 5. The van der Waals surface area contributed by atoms with Gasteiger partial charge in [0.25, 0.3) is 0 Å². The Labute approximate surface area is 329 Å². The van der Waals surface area contributed by atoms with Gasteiger partial charge in [0.2, 0.25) is 0 Å². The van der Waals surface area contributed by atoms with Crippen molar-refractivity contribution in [2.75, 3.05) is 0 Å². The topological polar surface area (TPSA) is 41.3 Å². The zero-order valence-electron chi connectivity index (χ0n) is 35.4. The predicted molar refractivity (Wildman–Crippen MR) is 239 cm³/mol. The molecule has 0 aliphatic rings. The van der Waals surface area contributed by atoms with E-state index in [9.17, 15) is 5.26 Å². The fourth-order valence-electron chi connectivity index (χ4n) is 9.03. The number of nitrogens with zero attached hydrogens (tertiary/aromatic N) is 2. The van der Waals surface area contributed by atoms with Crippen LogP contribution >= 0.6 is 11.3 Å². The number of hydrogen-bond donors (Lipinski definition) is 0. The highest BCUT2D eigenvalue weighted by atomic mass is 32.1. The number of hydrogen-bond acceptors (Lipinski definition) is 3. The summed E-state index contributed by atoms with van der Waals surface area (Å²) in [4.78, 5) is 0. The average molecular weight is 743 g/mol. The molecule has 3 nitrogen and oxygen atoms in total. The molecule has 0 fully saturated rings. The van der Waals surface area contributed by atoms with Gasteiger partial charge in [-0.1, -0.05) is 116 Å². The third kappa shape index (κ3) is 5.04. The fraction of sp³-hybridized carbons (Fsp3) is 0.392. The molecule has 4 heteroatoms. The van der Waals surface area contributed by atoms with E-state index in [0.717, 1.165) is 21.9 Å². The molecule has 4 heterocycles. The van der Waals surface area contributed by atoms with Crippen LogP contribution in [-0.4, -0.2) is 4.40 Å². The van der Waals surface area contributed by atoms with Crippen LogP contribution in [0.3, 0.4) is 0 Å². The maximum absolute atomic E-state index is 10.8. The standard InChI is InChI=1S/C51H54N2OS/c1-47(2,3)27-19-30-39-36(16-17-38-41(39)33-22-29(49(7,8)9)24-35(46(33)55-38)51(13,14)15)53-37-18-26(25-52)44-42(40(37)31(20-27)43(30)53)32-21-28(48(4,5)6)23-34(45(32)54-44)50(10,11)12/h16-24H,1-15H3. The van der Waals surface area contributed by atoms with E-state index < -0.39 is 0 Å². The minimum Gasteiger partial charge on any atom is -0.454 e. The van der Waals surface area contributed by atoms with Crippen LogP contribution in [0.4, 0.5) is 0 Å². The molecule has 0 saturated carbocycles. The van der Waals surface area contributed by atoms with Crippen molar-refractivity contribution in [2.24, 2.45) is 0 Å². The van der Waals surface area contributed by atoms with E-state index in [-0.39, 0.29) is 27.1 Å². The lowest BCUT2D eigenvalue weighted by Gasteiger charge is -2.25. The number of aromatic nitrogens is 1. The lowest BCUT2D eigenvalue weighted by atomic mass is 9.79. The smallest absolute Gasteiger partial charge is 0.153 e. The van der Waals surface area contributed by atoms with Gasteiger partial charge in [-0.15, -0.1) is 11.3 Å². The van der Waals surface area contributed by atoms with Crippen molar-refractivity contribution in [3.8, 4) is 6.07 Å². The third-order valence-electron chi connectivity index (χ3n) is 12.2. The molecular weight excluding hydrogens is 689 g/mol. The first kappa shape index (κ1) is 36.1. The quantitative estimate of drug-likeness (QED) is 0.155. The van der Waals surface area contributed by atoms with Crippen LogP contribution < -0.4 is 0 Å². The Kier molecular flexibility index (Phi) is 7.10. The van der Waals surface area contributed by atoms with Gasteiger partial charge in [-0.25, -0.2) is 0 Å². The van der Waals surface area contributed by atoms with Crippen molar-refractivity contribution < 1.29 is 4.42 Å². The molecule has 0 N–H and O–H groups in total. The molecule has 0 aliphatic heterocycles. The lowest BCUT2D eigenvalue weighted by Crippen LogP contribution is -2.16. The SMILES string of the molecule is CC(C)(C)c1cc(C(C)(C)C)c2sc3ccc4c(c5cc(C(C)(C)C)cc6c7c8c(oc9c(C(C)(C)C)cc(C(C)(C)C)cc98)c(C#N)cc7n4c56)c3c2c1. The largest absolute Gasteiger partial charge is 0.454 e. The summed E-state index contributed by atoms with van der Waals surface area (Å²) in [6, 6.07) is 23.9. The molecule has 9 aromatic rings. The van der Waals surface area contributed by atoms with Crippen LogP contribution in [0.15, 0.2) is 59.0 Å². The molecule has 9 rings (SSSR count). The van der Waals surface area contributed by atoms with Crippen LogP contribution in [0, 0.1) is 11.3 Å². The van der Waals surface area contributed by atoms with Gasteiger partial charge in [0.1, 0.15) is 11.7 Å². The van der Waals surface area contributed by atoms with E-state index in [2.05, 4.69) is 169 Å². The number of thiophene rings is 1. The second-order valence-electron chi connectivity index (χ2n) is 21.5. The van der Waals surface area contributed by atoms with Gasteiger partial charge in [0.15, 0.2) is 5.58 Å². The van der Waals surface area contributed by atoms with Crippen molar-refractivity contribution in [3.63, 3.8) is 0 Å². The molecule has 0 saturated heterocycles. The Morgan fingerprint density at radius 2 is 1.02 bits per heavy atom. The zero-order chi connectivity index (χ0) is 39.7. The summed E-state index contributed by atoms with van der Waals surface area (Å²) in [5.41, 5.74) is 11.9. The maximum atomic E-state index is 10.8. The van der Waals surface area contributed by atoms with Crippen LogP contribution in [0.5, 0.6) is 0 Å². The van der Waals surface area contributed by atoms with Crippen molar-refractivity contribution in [1.29, 1.82) is 5.26 Å². The monoisotopic (exact) mass is 742 g/mol. The highest BCUT2D eigenvalue weighted by molar-refractivity contribution is 7.26. The lowest BCUT2D eigenvalue weighted by molar-refractivity contribution is 0.559. The molecule has 0 aliphatic carbocycles. The molecule has 0 bridgehead atoms. The second kappa shape index (κ2) is 10.8. The minimum absolute atomic E-state index is 0.00337. The van der Waals surface area contributed by atoms with E-state index in [0.29, 0.717) is 11.1 Å². The number of nitriles is 1. The van der Waals surface area contributed by atoms with Gasteiger partial charge >= 0.3 is 0 Å². The van der Waals surface area contributed by atoms with Gasteiger partial charge in [0.05, 0.1) is 22.1 Å². The van der Waals surface area contributed by atoms with E-state index >= 15 is 0 Å². The summed E-state index contributed by atoms with van der Waals surface area (Å²) in [5.74, 6) is 0. The predicted octanol–water partition coefficient (Wildman–Crippen LogP) is 15.5. The van der Waals surface area contributed by atoms with E-state index in [1.807, 2.05) is 11.3 Å². The Morgan fingerprint density at radius 3 is 1.56 bits per heavy atom. The Morgan fingerprint density at radius 1 is 0.509 bits per heavy atom. The summed E-state index contributed by atoms with van der Waals surface area (Å²) in [6.07, 6.45) is 0. The Balaban J connectivity index is 1.57. The van der Waals surface area contributed by atoms with Crippen molar-refractivity contribution in [2.45, 2.75) is 131 Å². The van der Waals surface area contributed by atoms with Crippen LogP contribution in [0.1, 0.15) is 137 Å². The zero-order valence-corrected chi connectivity index (χ0v) is 36.2. The van der Waals surface area contributed by atoms with E-state index in [1.54, 1.807) is 0 Å². The van der Waals surface area contributed by atoms with Crippen molar-refractivity contribution in [3.05, 3.63) is 88.0 Å². The normalized spacial score (nSPS) is 14.1. The minimum atomic E-state index is -0.154. The summed E-state index contributed by atoms with van der Waals surface area (Å²) < 4.78 is 12.1. The van der Waals surface area contributed by atoms with Crippen molar-refractivity contribution in [1.82, 2.24) is 4.40 Å². The summed E-state index contributed by atoms with van der Waals surface area (Å²) >= 11 is 1.94. The first-order chi connectivity index (χ1) is 25.4. The molecule has 4 aromatic heterocycles. The summed E-state index contributed by atoms with van der Waals surface area (Å²) in [7, 11) is 0. The fourth-order valence-corrected chi connectivity index (χ4v) is 10.4. The molecule has 0 unspecified atom stereocenters. The molecule has 0 spiro atoms. The Hall–Kier alpha value is -4.59. The summed E-state index contributed by atoms with van der Waals surface area (Å²) in [6.45, 7) is 34.6. The molecular formula is C51H54N2OS. The molecule has 0 amide bonds. The highest BCUT2D eigenvalue weighted by Gasteiger charge is 2.32. The molecule has 0 atom stereocenters. The number of fused-ring (bicyclic) bond motifs is 14. The Bertz CT molecular complexity index is 3150. The first-order valence-corrected chi connectivity index (χ1v) is 20.7. The third-order valence-corrected chi connectivity index (χ3v) is 13.4. The van der Waals surface area contributed by atoms with Crippen LogP contribution in [-0.2, 0) is 27.1 Å². The maximum Gasteiger partial charge on any atom is 0.153 e. The van der Waals surface area contributed by atoms with Crippen molar-refractivity contribution >= 4 is 91.5 Å². The van der Waals surface area contributed by atoms with Gasteiger partial charge in [-0.3, -0.25) is 0 Å². The molecule has 280 valence electrons. The molecule has 0 radical (unpaired) electrons. The summed E-state index contributed by atoms with van der Waals surface area (Å²) in [5, 5.41) is 20.7. The average Bonchev–Trinajstić information content (AvgIpc) is 3.80. The van der Waals surface area contributed by atoms with E-state index in [1.165, 1.54) is 80.6 Å². The molecule has 55 heavy (non-hydrogen) atoms. The number of rotatable bonds is 0. The second-order valence-corrected chi connectivity index (χ2v) is 22.5. The van der Waals surface area contributed by atoms with Gasteiger partial charge in [0, 0.05) is 58.1 Å². The van der Waals surface area contributed by atoms with Gasteiger partial charge in [-0.2, -0.15) is 5.26 Å². The van der Waals surface area contributed by atoms with Gasteiger partial charge < -0.3 is 8.82 Å². The van der Waals surface area contributed by atoms with Crippen LogP contribution in [0.25, 0.3) is 80.2 Å².